The van der Waals surface area contributed by atoms with Crippen LogP contribution in [0.4, 0.5) is 10.1 Å². The van der Waals surface area contributed by atoms with E-state index in [0.717, 1.165) is 29.9 Å². The van der Waals surface area contributed by atoms with Crippen molar-refractivity contribution in [2.75, 3.05) is 12.3 Å². The van der Waals surface area contributed by atoms with Crippen LogP contribution in [0.1, 0.15) is 11.1 Å². The molecule has 18 heavy (non-hydrogen) atoms. The van der Waals surface area contributed by atoms with Gasteiger partial charge in [-0.1, -0.05) is 30.3 Å². The van der Waals surface area contributed by atoms with Crippen molar-refractivity contribution in [2.24, 2.45) is 0 Å². The number of nitrogens with two attached hydrogens (primary N) is 1. The Labute approximate surface area is 107 Å². The third-order valence-corrected chi connectivity index (χ3v) is 2.81. The van der Waals surface area contributed by atoms with Crippen LogP contribution in [0.2, 0.25) is 0 Å². The van der Waals surface area contributed by atoms with Gasteiger partial charge in [-0.05, 0) is 42.3 Å². The second kappa shape index (κ2) is 6.17. The first-order valence-electron chi connectivity index (χ1n) is 6.04. The topological polar surface area (TPSA) is 38.0 Å². The second-order valence-corrected chi connectivity index (χ2v) is 4.26. The zero-order valence-corrected chi connectivity index (χ0v) is 10.2. The molecule has 0 aliphatic rings. The molecule has 0 amide bonds. The molecule has 0 unspecified atom stereocenters. The maximum Gasteiger partial charge on any atom is 0.126 e. The average Bonchev–Trinajstić information content (AvgIpc) is 2.37. The molecule has 94 valence electrons. The minimum absolute atomic E-state index is 0.136. The molecule has 0 spiro atoms. The van der Waals surface area contributed by atoms with Gasteiger partial charge in [-0.3, -0.25) is 0 Å². The molecule has 3 heteroatoms. The fraction of sp³-hybridized carbons (Fsp3) is 0.200. The van der Waals surface area contributed by atoms with Crippen LogP contribution in [0.5, 0.6) is 0 Å². The van der Waals surface area contributed by atoms with E-state index in [2.05, 4.69) is 5.32 Å². The van der Waals surface area contributed by atoms with Crippen molar-refractivity contribution < 1.29 is 4.39 Å². The summed E-state index contributed by atoms with van der Waals surface area (Å²) < 4.78 is 13.3. The number of benzene rings is 2. The quantitative estimate of drug-likeness (QED) is 0.627. The third kappa shape index (κ3) is 3.57. The van der Waals surface area contributed by atoms with Gasteiger partial charge in [0.25, 0.3) is 0 Å². The predicted octanol–water partition coefficient (Wildman–Crippen LogP) is 2.74. The molecule has 0 bridgehead atoms. The summed E-state index contributed by atoms with van der Waals surface area (Å²) >= 11 is 0. The van der Waals surface area contributed by atoms with Crippen molar-refractivity contribution in [3.05, 3.63) is 65.5 Å². The first kappa shape index (κ1) is 12.6. The van der Waals surface area contributed by atoms with E-state index in [1.165, 1.54) is 6.07 Å². The van der Waals surface area contributed by atoms with Gasteiger partial charge in [-0.15, -0.1) is 0 Å². The van der Waals surface area contributed by atoms with Gasteiger partial charge in [-0.25, -0.2) is 4.39 Å². The van der Waals surface area contributed by atoms with Crippen LogP contribution < -0.4 is 11.1 Å². The van der Waals surface area contributed by atoms with Gasteiger partial charge in [0, 0.05) is 12.2 Å². The molecule has 2 aromatic rings. The monoisotopic (exact) mass is 244 g/mol. The first-order valence-corrected chi connectivity index (χ1v) is 6.04. The van der Waals surface area contributed by atoms with Gasteiger partial charge >= 0.3 is 0 Å². The summed E-state index contributed by atoms with van der Waals surface area (Å²) in [7, 11) is 0. The third-order valence-electron chi connectivity index (χ3n) is 2.81. The van der Waals surface area contributed by atoms with Crippen molar-refractivity contribution in [1.82, 2.24) is 5.32 Å². The zero-order chi connectivity index (χ0) is 12.8. The van der Waals surface area contributed by atoms with E-state index in [1.807, 2.05) is 36.4 Å². The highest BCUT2D eigenvalue weighted by Crippen LogP contribution is 2.07. The van der Waals surface area contributed by atoms with Crippen LogP contribution >= 0.6 is 0 Å². The number of nitrogens with one attached hydrogen (secondary N) is 1. The van der Waals surface area contributed by atoms with Gasteiger partial charge < -0.3 is 11.1 Å². The van der Waals surface area contributed by atoms with Crippen LogP contribution in [0, 0.1) is 5.82 Å². The lowest BCUT2D eigenvalue weighted by molar-refractivity contribution is 0.598. The van der Waals surface area contributed by atoms with E-state index in [4.69, 9.17) is 5.73 Å². The van der Waals surface area contributed by atoms with E-state index in [-0.39, 0.29) is 5.82 Å². The molecule has 0 heterocycles. The zero-order valence-electron chi connectivity index (χ0n) is 10.2. The standard InChI is InChI=1S/C15H17FN2/c16-15-7-2-1-5-13(15)8-9-18-11-12-4-3-6-14(17)10-12/h1-7,10,18H,8-9,11,17H2. The van der Waals surface area contributed by atoms with Crippen molar-refractivity contribution in [3.8, 4) is 0 Å². The Morgan fingerprint density at radius 2 is 1.89 bits per heavy atom. The lowest BCUT2D eigenvalue weighted by atomic mass is 10.1. The molecular weight excluding hydrogens is 227 g/mol. The summed E-state index contributed by atoms with van der Waals surface area (Å²) in [4.78, 5) is 0. The molecule has 0 radical (unpaired) electrons. The molecule has 3 N–H and O–H groups in total. The van der Waals surface area contributed by atoms with Gasteiger partial charge in [0.05, 0.1) is 0 Å². The summed E-state index contributed by atoms with van der Waals surface area (Å²) in [6.07, 6.45) is 0.689. The van der Waals surface area contributed by atoms with E-state index in [0.29, 0.717) is 6.42 Å². The van der Waals surface area contributed by atoms with Crippen LogP contribution in [-0.2, 0) is 13.0 Å². The smallest absolute Gasteiger partial charge is 0.126 e. The SMILES string of the molecule is Nc1cccc(CNCCc2ccccc2F)c1. The van der Waals surface area contributed by atoms with Crippen molar-refractivity contribution in [2.45, 2.75) is 13.0 Å². The summed E-state index contributed by atoms with van der Waals surface area (Å²) in [5, 5.41) is 3.28. The molecule has 0 atom stereocenters. The summed E-state index contributed by atoms with van der Waals surface area (Å²) in [5.74, 6) is -0.136. The Morgan fingerprint density at radius 1 is 1.06 bits per heavy atom. The van der Waals surface area contributed by atoms with E-state index >= 15 is 0 Å². The normalized spacial score (nSPS) is 10.5. The number of hydrogen-bond acceptors (Lipinski definition) is 2. The van der Waals surface area contributed by atoms with Crippen molar-refractivity contribution in [3.63, 3.8) is 0 Å². The Bertz CT molecular complexity index is 511. The second-order valence-electron chi connectivity index (χ2n) is 4.26. The van der Waals surface area contributed by atoms with Gasteiger partial charge in [0.2, 0.25) is 0 Å². The molecule has 2 nitrogen and oxygen atoms in total. The maximum atomic E-state index is 13.3. The number of nitrogen functional groups attached to an aromatic ring is 1. The highest BCUT2D eigenvalue weighted by Gasteiger charge is 1.99. The lowest BCUT2D eigenvalue weighted by Gasteiger charge is -2.06. The fourth-order valence-corrected chi connectivity index (χ4v) is 1.86. The number of halogens is 1. The molecule has 0 aromatic heterocycles. The van der Waals surface area contributed by atoms with E-state index in [9.17, 15) is 4.39 Å². The molecule has 0 fully saturated rings. The Morgan fingerprint density at radius 3 is 2.67 bits per heavy atom. The highest BCUT2D eigenvalue weighted by molar-refractivity contribution is 5.40. The molecule has 0 saturated heterocycles. The Balaban J connectivity index is 1.78. The van der Waals surface area contributed by atoms with Crippen LogP contribution in [0.25, 0.3) is 0 Å². The first-order chi connectivity index (χ1) is 8.75. The predicted molar refractivity (Wildman–Crippen MR) is 72.7 cm³/mol. The number of hydrogen-bond donors (Lipinski definition) is 2. The highest BCUT2D eigenvalue weighted by atomic mass is 19.1. The lowest BCUT2D eigenvalue weighted by Crippen LogP contribution is -2.17. The minimum Gasteiger partial charge on any atom is -0.399 e. The molecule has 0 aliphatic carbocycles. The summed E-state index contributed by atoms with van der Waals surface area (Å²) in [5.41, 5.74) is 8.35. The van der Waals surface area contributed by atoms with Gasteiger partial charge in [0.15, 0.2) is 0 Å². The van der Waals surface area contributed by atoms with Crippen molar-refractivity contribution >= 4 is 5.69 Å². The largest absolute Gasteiger partial charge is 0.399 e. The summed E-state index contributed by atoms with van der Waals surface area (Å²) in [6.45, 7) is 1.50. The maximum absolute atomic E-state index is 13.3. The minimum atomic E-state index is -0.136. The molecule has 0 saturated carbocycles. The number of anilines is 1. The van der Waals surface area contributed by atoms with Gasteiger partial charge in [0.1, 0.15) is 5.82 Å². The number of rotatable bonds is 5. The van der Waals surface area contributed by atoms with E-state index < -0.39 is 0 Å². The van der Waals surface area contributed by atoms with Crippen LogP contribution in [0.3, 0.4) is 0 Å². The van der Waals surface area contributed by atoms with Gasteiger partial charge in [-0.2, -0.15) is 0 Å². The van der Waals surface area contributed by atoms with Crippen LogP contribution in [0.15, 0.2) is 48.5 Å². The van der Waals surface area contributed by atoms with Crippen LogP contribution in [-0.4, -0.2) is 6.54 Å². The van der Waals surface area contributed by atoms with E-state index in [1.54, 1.807) is 6.07 Å². The molecule has 2 rings (SSSR count). The molecule has 2 aromatic carbocycles. The summed E-state index contributed by atoms with van der Waals surface area (Å²) in [6, 6.07) is 14.6. The average molecular weight is 244 g/mol. The Kier molecular flexibility index (Phi) is 4.31. The van der Waals surface area contributed by atoms with Crippen molar-refractivity contribution in [1.29, 1.82) is 0 Å². The molecule has 0 aliphatic heterocycles. The Hall–Kier alpha value is -1.87. The molecular formula is C15H17FN2. The fourth-order valence-electron chi connectivity index (χ4n) is 1.86.